The minimum Gasteiger partial charge on any atom is -0.457 e. The van der Waals surface area contributed by atoms with Gasteiger partial charge < -0.3 is 14.8 Å². The molecule has 0 saturated heterocycles. The maximum Gasteiger partial charge on any atom is 0.137 e. The Morgan fingerprint density at radius 1 is 1.31 bits per heavy atom. The molecule has 2 aromatic rings. The van der Waals surface area contributed by atoms with E-state index in [9.17, 15) is 0 Å². The van der Waals surface area contributed by atoms with E-state index in [0.717, 1.165) is 23.5 Å². The lowest BCUT2D eigenvalue weighted by atomic mass is 9.77. The number of methoxy groups -OCH3 is 1. The molecule has 2 aliphatic rings. The number of benzene rings is 2. The summed E-state index contributed by atoms with van der Waals surface area (Å²) in [6.45, 7) is 8.95. The molecular weight excluding hydrogens is 322 g/mol. The van der Waals surface area contributed by atoms with Crippen LogP contribution in [-0.2, 0) is 4.74 Å². The van der Waals surface area contributed by atoms with Crippen molar-refractivity contribution < 1.29 is 9.47 Å². The molecular formula is C23H25NO2. The molecule has 0 spiro atoms. The Morgan fingerprint density at radius 2 is 2.12 bits per heavy atom. The van der Waals surface area contributed by atoms with Crippen LogP contribution in [0.15, 0.2) is 60.4 Å². The van der Waals surface area contributed by atoms with Gasteiger partial charge in [0.05, 0.1) is 11.7 Å². The molecule has 3 nitrogen and oxygen atoms in total. The lowest BCUT2D eigenvalue weighted by Gasteiger charge is -2.40. The summed E-state index contributed by atoms with van der Waals surface area (Å²) < 4.78 is 11.7. The summed E-state index contributed by atoms with van der Waals surface area (Å²) >= 11 is 0. The van der Waals surface area contributed by atoms with Crippen LogP contribution < -0.4 is 10.1 Å². The lowest BCUT2D eigenvalue weighted by molar-refractivity contribution is 0.184. The summed E-state index contributed by atoms with van der Waals surface area (Å²) in [5, 5.41) is 6.23. The first-order valence-corrected chi connectivity index (χ1v) is 9.19. The maximum absolute atomic E-state index is 6.28. The molecule has 4 rings (SSSR count). The van der Waals surface area contributed by atoms with Gasteiger partial charge in [-0.25, -0.2) is 0 Å². The zero-order chi connectivity index (χ0) is 18.3. The van der Waals surface area contributed by atoms with E-state index in [0.29, 0.717) is 12.5 Å². The minimum absolute atomic E-state index is 0.164. The number of ether oxygens (including phenoxy) is 2. The summed E-state index contributed by atoms with van der Waals surface area (Å²) in [7, 11) is 1.76. The van der Waals surface area contributed by atoms with E-state index in [-0.39, 0.29) is 6.04 Å². The molecule has 2 unspecified atom stereocenters. The Hall–Kier alpha value is -2.52. The zero-order valence-electron chi connectivity index (χ0n) is 15.6. The highest BCUT2D eigenvalue weighted by Crippen LogP contribution is 2.49. The van der Waals surface area contributed by atoms with Crippen molar-refractivity contribution in [3.8, 4) is 5.75 Å². The molecule has 134 valence electrons. The van der Waals surface area contributed by atoms with Gasteiger partial charge in [-0.15, -0.1) is 6.58 Å². The van der Waals surface area contributed by atoms with Crippen LogP contribution in [0.5, 0.6) is 5.75 Å². The third-order valence-electron chi connectivity index (χ3n) is 5.53. The van der Waals surface area contributed by atoms with Gasteiger partial charge >= 0.3 is 0 Å². The van der Waals surface area contributed by atoms with Crippen LogP contribution in [0, 0.1) is 0 Å². The second kappa shape index (κ2) is 6.65. The number of fused-ring (bicyclic) bond motifs is 2. The van der Waals surface area contributed by atoms with Gasteiger partial charge in [-0.3, -0.25) is 0 Å². The molecule has 0 saturated carbocycles. The normalized spacial score (nSPS) is 22.8. The van der Waals surface area contributed by atoms with Gasteiger partial charge in [0, 0.05) is 30.8 Å². The standard InChI is InChI=1S/C23H25NO2/c1-5-18-17(11-12-25-4)21-16-10-8-7-9-15(16)13-20-22(21)23(24-18)14(3)19(6-2)26-20/h5-10,13,17-18,24H,1,11-12H2,2-4H3/b19-6+. The molecule has 2 atom stereocenters. The summed E-state index contributed by atoms with van der Waals surface area (Å²) in [4.78, 5) is 0. The van der Waals surface area contributed by atoms with E-state index in [1.807, 2.05) is 19.1 Å². The third-order valence-corrected chi connectivity index (χ3v) is 5.53. The van der Waals surface area contributed by atoms with Crippen molar-refractivity contribution in [1.82, 2.24) is 5.32 Å². The second-order valence-corrected chi connectivity index (χ2v) is 6.93. The van der Waals surface area contributed by atoms with Crippen LogP contribution in [0.3, 0.4) is 0 Å². The van der Waals surface area contributed by atoms with Gasteiger partial charge in [-0.05, 0) is 48.7 Å². The SMILES string of the molecule is C=CC1NC2=C(C)/C(=C\C)Oc3cc4ccccc4c(c32)C1CCOC. The van der Waals surface area contributed by atoms with Gasteiger partial charge in [0.2, 0.25) is 0 Å². The second-order valence-electron chi connectivity index (χ2n) is 6.93. The minimum atomic E-state index is 0.164. The molecule has 0 fully saturated rings. The third kappa shape index (κ3) is 2.46. The average molecular weight is 347 g/mol. The van der Waals surface area contributed by atoms with E-state index in [2.05, 4.69) is 49.2 Å². The van der Waals surface area contributed by atoms with Gasteiger partial charge in [0.1, 0.15) is 11.5 Å². The Morgan fingerprint density at radius 3 is 2.85 bits per heavy atom. The van der Waals surface area contributed by atoms with Gasteiger partial charge in [-0.1, -0.05) is 30.3 Å². The number of allylic oxidation sites excluding steroid dienone is 2. The molecule has 0 bridgehead atoms. The van der Waals surface area contributed by atoms with Gasteiger partial charge in [-0.2, -0.15) is 0 Å². The van der Waals surface area contributed by atoms with Crippen molar-refractivity contribution in [3.63, 3.8) is 0 Å². The zero-order valence-corrected chi connectivity index (χ0v) is 15.6. The van der Waals surface area contributed by atoms with Crippen LogP contribution in [0.1, 0.15) is 37.3 Å². The largest absolute Gasteiger partial charge is 0.457 e. The van der Waals surface area contributed by atoms with Gasteiger partial charge in [0.15, 0.2) is 0 Å². The molecule has 3 heteroatoms. The van der Waals surface area contributed by atoms with E-state index < -0.39 is 0 Å². The van der Waals surface area contributed by atoms with Gasteiger partial charge in [0.25, 0.3) is 0 Å². The molecule has 1 N–H and O–H groups in total. The molecule has 0 radical (unpaired) electrons. The highest BCUT2D eigenvalue weighted by atomic mass is 16.5. The van der Waals surface area contributed by atoms with Crippen molar-refractivity contribution in [2.45, 2.75) is 32.2 Å². The molecule has 2 aliphatic heterocycles. The quantitative estimate of drug-likeness (QED) is 0.776. The predicted octanol–water partition coefficient (Wildman–Crippen LogP) is 5.14. The number of hydrogen-bond acceptors (Lipinski definition) is 3. The highest BCUT2D eigenvalue weighted by molar-refractivity contribution is 5.96. The van der Waals surface area contributed by atoms with Crippen LogP contribution in [0.4, 0.5) is 0 Å². The highest BCUT2D eigenvalue weighted by Gasteiger charge is 2.37. The molecule has 2 heterocycles. The van der Waals surface area contributed by atoms with E-state index in [1.165, 1.54) is 27.6 Å². The maximum atomic E-state index is 6.28. The first-order chi connectivity index (χ1) is 12.7. The van der Waals surface area contributed by atoms with Crippen LogP contribution in [-0.4, -0.2) is 19.8 Å². The molecule has 0 aromatic heterocycles. The average Bonchev–Trinajstić information content (AvgIpc) is 2.68. The van der Waals surface area contributed by atoms with E-state index in [1.54, 1.807) is 7.11 Å². The molecule has 26 heavy (non-hydrogen) atoms. The number of rotatable bonds is 4. The number of hydrogen-bond donors (Lipinski definition) is 1. The summed E-state index contributed by atoms with van der Waals surface area (Å²) in [5.74, 6) is 2.14. The predicted molar refractivity (Wildman–Crippen MR) is 107 cm³/mol. The van der Waals surface area contributed by atoms with Crippen molar-refractivity contribution in [3.05, 3.63) is 71.5 Å². The lowest BCUT2D eigenvalue weighted by Crippen LogP contribution is -2.39. The van der Waals surface area contributed by atoms with Crippen molar-refractivity contribution >= 4 is 16.5 Å². The fraction of sp³-hybridized carbons (Fsp3) is 0.304. The number of nitrogens with one attached hydrogen (secondary N) is 1. The topological polar surface area (TPSA) is 30.5 Å². The fourth-order valence-corrected chi connectivity index (χ4v) is 4.27. The monoisotopic (exact) mass is 347 g/mol. The summed E-state index contributed by atoms with van der Waals surface area (Å²) in [6, 6.07) is 10.9. The molecule has 2 aromatic carbocycles. The molecule has 0 aliphatic carbocycles. The Balaban J connectivity index is 2.06. The smallest absolute Gasteiger partial charge is 0.137 e. The fourth-order valence-electron chi connectivity index (χ4n) is 4.27. The van der Waals surface area contributed by atoms with E-state index >= 15 is 0 Å². The van der Waals surface area contributed by atoms with E-state index in [4.69, 9.17) is 9.47 Å². The Bertz CT molecular complexity index is 939. The first kappa shape index (κ1) is 16.9. The Labute approximate surface area is 155 Å². The summed E-state index contributed by atoms with van der Waals surface area (Å²) in [5.41, 5.74) is 4.86. The van der Waals surface area contributed by atoms with Crippen LogP contribution in [0.2, 0.25) is 0 Å². The van der Waals surface area contributed by atoms with Crippen molar-refractivity contribution in [2.24, 2.45) is 0 Å². The van der Waals surface area contributed by atoms with Crippen molar-refractivity contribution in [2.75, 3.05) is 13.7 Å². The van der Waals surface area contributed by atoms with Crippen molar-refractivity contribution in [1.29, 1.82) is 0 Å². The molecule has 0 amide bonds. The first-order valence-electron chi connectivity index (χ1n) is 9.19. The van der Waals surface area contributed by atoms with Crippen LogP contribution in [0.25, 0.3) is 16.5 Å². The Kier molecular flexibility index (Phi) is 4.33. The summed E-state index contributed by atoms with van der Waals surface area (Å²) in [6.07, 6.45) is 4.99. The van der Waals surface area contributed by atoms with Crippen LogP contribution >= 0.6 is 0 Å².